The van der Waals surface area contributed by atoms with Crippen molar-refractivity contribution in [3.63, 3.8) is 0 Å². The lowest BCUT2D eigenvalue weighted by Crippen LogP contribution is -2.44. The number of aryl methyl sites for hydroxylation is 1. The molecule has 0 bridgehead atoms. The Balaban J connectivity index is 1.77. The van der Waals surface area contributed by atoms with E-state index in [0.717, 1.165) is 43.6 Å². The van der Waals surface area contributed by atoms with Gasteiger partial charge in [0.05, 0.1) is 6.26 Å². The zero-order chi connectivity index (χ0) is 18.4. The molecule has 0 radical (unpaired) electrons. The zero-order valence-electron chi connectivity index (χ0n) is 15.1. The van der Waals surface area contributed by atoms with Gasteiger partial charge in [0.15, 0.2) is 0 Å². The lowest BCUT2D eigenvalue weighted by molar-refractivity contribution is -0.131. The number of likely N-dealkylation sites (tertiary alicyclic amines) is 1. The summed E-state index contributed by atoms with van der Waals surface area (Å²) in [6.07, 6.45) is 7.85. The summed E-state index contributed by atoms with van der Waals surface area (Å²) in [6, 6.07) is 11.2. The van der Waals surface area contributed by atoms with E-state index >= 15 is 0 Å². The fourth-order valence-corrected chi connectivity index (χ4v) is 3.03. The predicted molar refractivity (Wildman–Crippen MR) is 102 cm³/mol. The number of hydrogen-bond donors (Lipinski definition) is 0. The highest BCUT2D eigenvalue weighted by Crippen LogP contribution is 2.18. The van der Waals surface area contributed by atoms with Gasteiger partial charge in [0.25, 0.3) is 5.91 Å². The molecular weight excluding hydrogens is 328 g/mol. The first-order chi connectivity index (χ1) is 12.6. The van der Waals surface area contributed by atoms with Crippen LogP contribution in [0.4, 0.5) is 5.69 Å². The molecule has 1 aromatic heterocycles. The minimum absolute atomic E-state index is 0.00924. The highest BCUT2D eigenvalue weighted by molar-refractivity contribution is 6.06. The molecule has 2 aromatic rings. The van der Waals surface area contributed by atoms with Crippen molar-refractivity contribution in [2.45, 2.75) is 26.2 Å². The smallest absolute Gasteiger partial charge is 0.251 e. The molecule has 0 aliphatic carbocycles. The monoisotopic (exact) mass is 352 g/mol. The van der Waals surface area contributed by atoms with Crippen molar-refractivity contribution in [3.05, 3.63) is 60.1 Å². The highest BCUT2D eigenvalue weighted by atomic mass is 16.3. The number of amides is 2. The second-order valence-corrected chi connectivity index (χ2v) is 6.55. The van der Waals surface area contributed by atoms with Gasteiger partial charge in [0.2, 0.25) is 5.91 Å². The first-order valence-corrected chi connectivity index (χ1v) is 9.01. The van der Waals surface area contributed by atoms with E-state index < -0.39 is 0 Å². The Morgan fingerprint density at radius 2 is 1.85 bits per heavy atom. The minimum atomic E-state index is -0.240. The second-order valence-electron chi connectivity index (χ2n) is 6.55. The molecule has 0 N–H and O–H groups in total. The Kier molecular flexibility index (Phi) is 5.89. The highest BCUT2D eigenvalue weighted by Gasteiger charge is 2.22. The van der Waals surface area contributed by atoms with Crippen molar-refractivity contribution in [1.82, 2.24) is 4.90 Å². The normalized spacial score (nSPS) is 14.6. The second kappa shape index (κ2) is 8.52. The predicted octanol–water partition coefficient (Wildman–Crippen LogP) is 3.65. The summed E-state index contributed by atoms with van der Waals surface area (Å²) in [6.45, 7) is 3.59. The van der Waals surface area contributed by atoms with Crippen LogP contribution in [0.3, 0.4) is 0 Å². The maximum atomic E-state index is 12.8. The van der Waals surface area contributed by atoms with Crippen LogP contribution >= 0.6 is 0 Å². The van der Waals surface area contributed by atoms with Crippen LogP contribution in [-0.2, 0) is 9.59 Å². The standard InChI is InChI=1S/C21H24N2O3/c1-17-7-9-18(10-8-17)23(16-21(25)22-13-3-2-4-14-22)20(24)12-11-19-6-5-15-26-19/h5-12,15H,2-4,13-14,16H2,1H3. The van der Waals surface area contributed by atoms with Crippen molar-refractivity contribution in [3.8, 4) is 0 Å². The lowest BCUT2D eigenvalue weighted by Gasteiger charge is -2.29. The quantitative estimate of drug-likeness (QED) is 0.772. The summed E-state index contributed by atoms with van der Waals surface area (Å²) in [5, 5.41) is 0. The van der Waals surface area contributed by atoms with E-state index in [1.165, 1.54) is 11.0 Å². The van der Waals surface area contributed by atoms with Crippen LogP contribution in [0.25, 0.3) is 6.08 Å². The molecule has 26 heavy (non-hydrogen) atoms. The molecule has 136 valence electrons. The minimum Gasteiger partial charge on any atom is -0.465 e. The average Bonchev–Trinajstić information content (AvgIpc) is 3.19. The Bertz CT molecular complexity index is 757. The molecular formula is C21H24N2O3. The SMILES string of the molecule is Cc1ccc(N(CC(=O)N2CCCCC2)C(=O)C=Cc2ccco2)cc1. The van der Waals surface area contributed by atoms with Crippen LogP contribution in [0.15, 0.2) is 53.2 Å². The molecule has 1 fully saturated rings. The van der Waals surface area contributed by atoms with Gasteiger partial charge in [-0.15, -0.1) is 0 Å². The first-order valence-electron chi connectivity index (χ1n) is 9.01. The first kappa shape index (κ1) is 18.0. The zero-order valence-corrected chi connectivity index (χ0v) is 15.1. The summed E-state index contributed by atoms with van der Waals surface area (Å²) >= 11 is 0. The number of piperidine rings is 1. The Morgan fingerprint density at radius 1 is 1.12 bits per heavy atom. The number of carbonyl (C=O) groups is 2. The molecule has 0 unspecified atom stereocenters. The molecule has 2 amide bonds. The third-order valence-corrected chi connectivity index (χ3v) is 4.55. The van der Waals surface area contributed by atoms with Crippen molar-refractivity contribution < 1.29 is 14.0 Å². The maximum Gasteiger partial charge on any atom is 0.251 e. The molecule has 1 aromatic carbocycles. The number of furan rings is 1. The van der Waals surface area contributed by atoms with Crippen molar-refractivity contribution in [1.29, 1.82) is 0 Å². The summed E-state index contributed by atoms with van der Waals surface area (Å²) in [7, 11) is 0. The van der Waals surface area contributed by atoms with Gasteiger partial charge >= 0.3 is 0 Å². The van der Waals surface area contributed by atoms with Gasteiger partial charge in [0, 0.05) is 24.9 Å². The molecule has 3 rings (SSSR count). The van der Waals surface area contributed by atoms with Crippen LogP contribution in [0, 0.1) is 6.92 Å². The topological polar surface area (TPSA) is 53.8 Å². The number of benzene rings is 1. The van der Waals surface area contributed by atoms with E-state index in [4.69, 9.17) is 4.42 Å². The fraction of sp³-hybridized carbons (Fsp3) is 0.333. The third-order valence-electron chi connectivity index (χ3n) is 4.55. The van der Waals surface area contributed by atoms with Gasteiger partial charge in [-0.1, -0.05) is 17.7 Å². The fourth-order valence-electron chi connectivity index (χ4n) is 3.03. The van der Waals surface area contributed by atoms with Gasteiger partial charge in [-0.3, -0.25) is 14.5 Å². The number of nitrogens with zero attached hydrogens (tertiary/aromatic N) is 2. The van der Waals surface area contributed by atoms with Crippen molar-refractivity contribution in [2.24, 2.45) is 0 Å². The molecule has 1 saturated heterocycles. The van der Waals surface area contributed by atoms with Crippen molar-refractivity contribution >= 4 is 23.6 Å². The number of rotatable bonds is 5. The molecule has 5 nitrogen and oxygen atoms in total. The van der Waals surface area contributed by atoms with Gasteiger partial charge in [0.1, 0.15) is 12.3 Å². The van der Waals surface area contributed by atoms with E-state index in [1.54, 1.807) is 24.5 Å². The maximum absolute atomic E-state index is 12.8. The van der Waals surface area contributed by atoms with Crippen molar-refractivity contribution in [2.75, 3.05) is 24.5 Å². The van der Waals surface area contributed by atoms with E-state index in [2.05, 4.69) is 0 Å². The van der Waals surface area contributed by atoms with Crippen LogP contribution < -0.4 is 4.90 Å². The molecule has 2 heterocycles. The summed E-state index contributed by atoms with van der Waals surface area (Å²) in [5.41, 5.74) is 1.82. The van der Waals surface area contributed by atoms with Gasteiger partial charge in [-0.25, -0.2) is 0 Å². The molecule has 0 spiro atoms. The molecule has 0 saturated carbocycles. The number of hydrogen-bond acceptors (Lipinski definition) is 3. The van der Waals surface area contributed by atoms with Gasteiger partial charge in [-0.2, -0.15) is 0 Å². The van der Waals surface area contributed by atoms with E-state index in [9.17, 15) is 9.59 Å². The van der Waals surface area contributed by atoms with Gasteiger partial charge in [-0.05, 0) is 56.5 Å². The van der Waals surface area contributed by atoms with Crippen LogP contribution in [0.2, 0.25) is 0 Å². The summed E-state index contributed by atoms with van der Waals surface area (Å²) in [5.74, 6) is 0.352. The summed E-state index contributed by atoms with van der Waals surface area (Å²) in [4.78, 5) is 28.8. The molecule has 1 aliphatic rings. The molecule has 1 aliphatic heterocycles. The largest absolute Gasteiger partial charge is 0.465 e. The number of anilines is 1. The van der Waals surface area contributed by atoms with Crippen LogP contribution in [-0.4, -0.2) is 36.3 Å². The van der Waals surface area contributed by atoms with E-state index in [1.807, 2.05) is 36.1 Å². The van der Waals surface area contributed by atoms with Gasteiger partial charge < -0.3 is 9.32 Å². The van der Waals surface area contributed by atoms with E-state index in [-0.39, 0.29) is 18.4 Å². The Labute approximate surface area is 153 Å². The van der Waals surface area contributed by atoms with Crippen LogP contribution in [0.1, 0.15) is 30.6 Å². The summed E-state index contributed by atoms with van der Waals surface area (Å²) < 4.78 is 5.23. The molecule has 5 heteroatoms. The lowest BCUT2D eigenvalue weighted by atomic mass is 10.1. The Hall–Kier alpha value is -2.82. The number of carbonyl (C=O) groups excluding carboxylic acids is 2. The Morgan fingerprint density at radius 3 is 2.50 bits per heavy atom. The average molecular weight is 352 g/mol. The van der Waals surface area contributed by atoms with Crippen LogP contribution in [0.5, 0.6) is 0 Å². The molecule has 0 atom stereocenters. The third kappa shape index (κ3) is 4.63. The van der Waals surface area contributed by atoms with E-state index in [0.29, 0.717) is 5.76 Å².